The highest BCUT2D eigenvalue weighted by atomic mass is 32.2. The number of H-pyrrole nitrogens is 1. The van der Waals surface area contributed by atoms with Crippen LogP contribution in [0.4, 0.5) is 5.69 Å². The molecule has 0 unspecified atom stereocenters. The van der Waals surface area contributed by atoms with Gasteiger partial charge in [0.1, 0.15) is 5.75 Å². The third-order valence-electron chi connectivity index (χ3n) is 7.73. The third kappa shape index (κ3) is 6.50. The average molecular weight is 589 g/mol. The lowest BCUT2D eigenvalue weighted by Crippen LogP contribution is -2.39. The molecule has 9 nitrogen and oxygen atoms in total. The molecule has 0 radical (unpaired) electrons. The molecule has 220 valence electrons. The molecular formula is C32H36N4O5S. The van der Waals surface area contributed by atoms with E-state index in [9.17, 15) is 18.0 Å². The zero-order chi connectivity index (χ0) is 29.9. The monoisotopic (exact) mass is 588 g/mol. The van der Waals surface area contributed by atoms with Crippen molar-refractivity contribution in [1.82, 2.24) is 9.29 Å². The second-order valence-electron chi connectivity index (χ2n) is 10.8. The summed E-state index contributed by atoms with van der Waals surface area (Å²) >= 11 is 0. The number of carbonyl (C=O) groups excluding carboxylic acids is 2. The SMILES string of the molecule is CC(=O)Nc1ccc(C)cc1OCCCS(=O)(=O)N1CCC(c2c[nH]c3c(C(N)=O)cc(-c4ccccc4)cc23)CC1. The number of primary amides is 1. The van der Waals surface area contributed by atoms with Crippen LogP contribution >= 0.6 is 0 Å². The molecule has 3 aromatic carbocycles. The van der Waals surface area contributed by atoms with Crippen molar-refractivity contribution in [2.75, 3.05) is 30.8 Å². The molecule has 2 amide bonds. The van der Waals surface area contributed by atoms with Crippen LogP contribution in [0.5, 0.6) is 5.75 Å². The molecule has 1 aliphatic heterocycles. The standard InChI is InChI=1S/C32H36N4O5S/c1-21-9-10-29(35-22(2)37)30(17-21)41-15-6-16-42(39,40)36-13-11-24(12-14-36)28-20-34-31-26(28)18-25(19-27(31)32(33)38)23-7-4-3-5-8-23/h3-5,7-10,17-20,24,34H,6,11-16H2,1-2H3,(H2,33,38)(H,35,37). The Bertz CT molecular complexity index is 1710. The molecule has 0 atom stereocenters. The molecule has 0 bridgehead atoms. The van der Waals surface area contributed by atoms with Gasteiger partial charge in [-0.3, -0.25) is 9.59 Å². The van der Waals surface area contributed by atoms with Gasteiger partial charge in [-0.05, 0) is 78.6 Å². The Morgan fingerprint density at radius 3 is 2.48 bits per heavy atom. The molecule has 0 aliphatic carbocycles. The summed E-state index contributed by atoms with van der Waals surface area (Å²) in [6.07, 6.45) is 3.61. The molecule has 1 saturated heterocycles. The van der Waals surface area contributed by atoms with Gasteiger partial charge in [-0.25, -0.2) is 12.7 Å². The van der Waals surface area contributed by atoms with Crippen molar-refractivity contribution in [2.45, 2.75) is 39.0 Å². The fourth-order valence-electron chi connectivity index (χ4n) is 5.62. The smallest absolute Gasteiger partial charge is 0.250 e. The van der Waals surface area contributed by atoms with E-state index in [1.807, 2.05) is 61.7 Å². The molecule has 0 spiro atoms. The van der Waals surface area contributed by atoms with Crippen LogP contribution in [-0.4, -0.2) is 55.0 Å². The Labute approximate surface area is 246 Å². The number of nitrogens with one attached hydrogen (secondary N) is 2. The number of ether oxygens (including phenoxy) is 1. The third-order valence-corrected chi connectivity index (χ3v) is 9.69. The van der Waals surface area contributed by atoms with Crippen LogP contribution in [-0.2, 0) is 14.8 Å². The van der Waals surface area contributed by atoms with Gasteiger partial charge in [0.15, 0.2) is 0 Å². The number of sulfonamides is 1. The number of aryl methyl sites for hydroxylation is 1. The largest absolute Gasteiger partial charge is 0.491 e. The first kappa shape index (κ1) is 29.3. The van der Waals surface area contributed by atoms with E-state index < -0.39 is 15.9 Å². The van der Waals surface area contributed by atoms with Gasteiger partial charge in [-0.15, -0.1) is 0 Å². The summed E-state index contributed by atoms with van der Waals surface area (Å²) in [6, 6.07) is 19.2. The molecule has 5 rings (SSSR count). The maximum atomic E-state index is 13.1. The second kappa shape index (κ2) is 12.4. The van der Waals surface area contributed by atoms with Crippen LogP contribution in [0.2, 0.25) is 0 Å². The van der Waals surface area contributed by atoms with E-state index >= 15 is 0 Å². The van der Waals surface area contributed by atoms with Crippen molar-refractivity contribution in [3.05, 3.63) is 83.6 Å². The molecule has 1 fully saturated rings. The van der Waals surface area contributed by atoms with Gasteiger partial charge < -0.3 is 20.8 Å². The maximum Gasteiger partial charge on any atom is 0.250 e. The molecule has 4 N–H and O–H groups in total. The van der Waals surface area contributed by atoms with E-state index in [-0.39, 0.29) is 24.2 Å². The first-order valence-corrected chi connectivity index (χ1v) is 15.7. The topological polar surface area (TPSA) is 135 Å². The number of fused-ring (bicyclic) bond motifs is 1. The van der Waals surface area contributed by atoms with Crippen molar-refractivity contribution in [1.29, 1.82) is 0 Å². The number of carbonyl (C=O) groups is 2. The summed E-state index contributed by atoms with van der Waals surface area (Å²) in [5, 5.41) is 3.68. The Hall–Kier alpha value is -4.15. The lowest BCUT2D eigenvalue weighted by Gasteiger charge is -2.31. The predicted octanol–water partition coefficient (Wildman–Crippen LogP) is 5.18. The van der Waals surface area contributed by atoms with E-state index in [1.165, 1.54) is 6.92 Å². The van der Waals surface area contributed by atoms with Gasteiger partial charge in [-0.1, -0.05) is 36.4 Å². The quantitative estimate of drug-likeness (QED) is 0.220. The van der Waals surface area contributed by atoms with Crippen LogP contribution < -0.4 is 15.8 Å². The van der Waals surface area contributed by atoms with Crippen LogP contribution in [0, 0.1) is 6.92 Å². The lowest BCUT2D eigenvalue weighted by molar-refractivity contribution is -0.114. The van der Waals surface area contributed by atoms with Crippen molar-refractivity contribution < 1.29 is 22.7 Å². The first-order chi connectivity index (χ1) is 20.1. The summed E-state index contributed by atoms with van der Waals surface area (Å²) < 4.78 is 33.7. The summed E-state index contributed by atoms with van der Waals surface area (Å²) in [7, 11) is -3.46. The number of aromatic nitrogens is 1. The number of rotatable bonds is 10. The summed E-state index contributed by atoms with van der Waals surface area (Å²) in [6.45, 7) is 4.41. The minimum atomic E-state index is -3.46. The lowest BCUT2D eigenvalue weighted by atomic mass is 9.88. The molecule has 1 aromatic heterocycles. The highest BCUT2D eigenvalue weighted by molar-refractivity contribution is 7.89. The number of amides is 2. The Morgan fingerprint density at radius 1 is 1.05 bits per heavy atom. The highest BCUT2D eigenvalue weighted by Crippen LogP contribution is 2.37. The molecule has 2 heterocycles. The number of hydrogen-bond acceptors (Lipinski definition) is 5. The minimum Gasteiger partial charge on any atom is -0.491 e. The number of hydrogen-bond donors (Lipinski definition) is 3. The summed E-state index contributed by atoms with van der Waals surface area (Å²) in [4.78, 5) is 27.0. The molecular weight excluding hydrogens is 552 g/mol. The molecule has 42 heavy (non-hydrogen) atoms. The molecule has 10 heteroatoms. The normalized spacial score (nSPS) is 14.6. The minimum absolute atomic E-state index is 0.0194. The number of piperidine rings is 1. The van der Waals surface area contributed by atoms with Crippen molar-refractivity contribution in [2.24, 2.45) is 5.73 Å². The van der Waals surface area contributed by atoms with Crippen LogP contribution in [0.15, 0.2) is 66.9 Å². The zero-order valence-electron chi connectivity index (χ0n) is 23.9. The first-order valence-electron chi connectivity index (χ1n) is 14.1. The maximum absolute atomic E-state index is 13.1. The van der Waals surface area contributed by atoms with Gasteiger partial charge in [0, 0.05) is 31.6 Å². The number of nitrogens with two attached hydrogens (primary N) is 1. The molecule has 0 saturated carbocycles. The van der Waals surface area contributed by atoms with Gasteiger partial charge in [0.2, 0.25) is 15.9 Å². The van der Waals surface area contributed by atoms with E-state index in [0.29, 0.717) is 54.9 Å². The summed E-state index contributed by atoms with van der Waals surface area (Å²) in [5.74, 6) is -0.0445. The Morgan fingerprint density at radius 2 is 1.79 bits per heavy atom. The van der Waals surface area contributed by atoms with Crippen LogP contribution in [0.1, 0.15) is 53.6 Å². The Balaban J connectivity index is 1.23. The van der Waals surface area contributed by atoms with Gasteiger partial charge in [0.25, 0.3) is 5.91 Å². The van der Waals surface area contributed by atoms with Gasteiger partial charge in [0.05, 0.1) is 29.1 Å². The Kier molecular flexibility index (Phi) is 8.65. The van der Waals surface area contributed by atoms with E-state index in [1.54, 1.807) is 10.4 Å². The van der Waals surface area contributed by atoms with E-state index in [2.05, 4.69) is 16.4 Å². The number of nitrogens with zero attached hydrogens (tertiary/aromatic N) is 1. The fourth-order valence-corrected chi connectivity index (χ4v) is 7.13. The van der Waals surface area contributed by atoms with Crippen LogP contribution in [0.3, 0.4) is 0 Å². The summed E-state index contributed by atoms with van der Waals surface area (Å²) in [5.41, 5.74) is 11.4. The average Bonchev–Trinajstić information content (AvgIpc) is 3.40. The molecule has 4 aromatic rings. The van der Waals surface area contributed by atoms with Gasteiger partial charge >= 0.3 is 0 Å². The zero-order valence-corrected chi connectivity index (χ0v) is 24.7. The highest BCUT2D eigenvalue weighted by Gasteiger charge is 2.30. The van der Waals surface area contributed by atoms with Crippen molar-refractivity contribution in [3.63, 3.8) is 0 Å². The van der Waals surface area contributed by atoms with E-state index in [4.69, 9.17) is 10.5 Å². The number of aromatic amines is 1. The number of anilines is 1. The van der Waals surface area contributed by atoms with Gasteiger partial charge in [-0.2, -0.15) is 0 Å². The van der Waals surface area contributed by atoms with E-state index in [0.717, 1.165) is 27.6 Å². The van der Waals surface area contributed by atoms with Crippen LogP contribution in [0.25, 0.3) is 22.0 Å². The number of benzene rings is 3. The van der Waals surface area contributed by atoms with Crippen molar-refractivity contribution >= 4 is 38.4 Å². The van der Waals surface area contributed by atoms with Crippen molar-refractivity contribution in [3.8, 4) is 16.9 Å². The molecule has 1 aliphatic rings. The second-order valence-corrected chi connectivity index (χ2v) is 12.9. The predicted molar refractivity (Wildman–Crippen MR) is 165 cm³/mol. The fraction of sp³-hybridized carbons (Fsp3) is 0.312.